The molecule has 1 amide bonds. The van der Waals surface area contributed by atoms with Crippen LogP contribution in [0.2, 0.25) is 0 Å². The number of aromatic nitrogens is 2. The molecule has 0 spiro atoms. The molecule has 0 bridgehead atoms. The zero-order valence-corrected chi connectivity index (χ0v) is 19.0. The Kier molecular flexibility index (Phi) is 6.17. The summed E-state index contributed by atoms with van der Waals surface area (Å²) in [5.41, 5.74) is 2.43. The van der Waals surface area contributed by atoms with Crippen LogP contribution in [0.4, 0.5) is 5.69 Å². The van der Waals surface area contributed by atoms with Crippen LogP contribution in [0.15, 0.2) is 53.4 Å². The number of carbonyl (C=O) groups is 1. The maximum Gasteiger partial charge on any atom is 0.286 e. The van der Waals surface area contributed by atoms with Crippen LogP contribution in [0.3, 0.4) is 0 Å². The fourth-order valence-electron chi connectivity index (χ4n) is 3.73. The summed E-state index contributed by atoms with van der Waals surface area (Å²) in [7, 11) is -3.58. The highest BCUT2D eigenvalue weighted by Crippen LogP contribution is 2.32. The van der Waals surface area contributed by atoms with Crippen LogP contribution in [0.5, 0.6) is 0 Å². The van der Waals surface area contributed by atoms with Gasteiger partial charge in [-0.15, -0.1) is 10.2 Å². The zero-order valence-electron chi connectivity index (χ0n) is 17.4. The van der Waals surface area contributed by atoms with Crippen molar-refractivity contribution in [2.45, 2.75) is 37.5 Å². The van der Waals surface area contributed by atoms with Crippen molar-refractivity contribution in [2.75, 3.05) is 18.4 Å². The monoisotopic (exact) mass is 456 g/mol. The van der Waals surface area contributed by atoms with E-state index in [-0.39, 0.29) is 16.8 Å². The molecule has 1 aliphatic heterocycles. The van der Waals surface area contributed by atoms with Crippen molar-refractivity contribution in [3.8, 4) is 0 Å². The van der Waals surface area contributed by atoms with E-state index in [1.54, 1.807) is 25.1 Å². The predicted molar refractivity (Wildman–Crippen MR) is 121 cm³/mol. The summed E-state index contributed by atoms with van der Waals surface area (Å²) in [6.45, 7) is 4.54. The number of sulfonamides is 1. The summed E-state index contributed by atoms with van der Waals surface area (Å²) in [6.07, 6.45) is 1.55. The number of nitrogens with one attached hydrogen (secondary N) is 1. The smallest absolute Gasteiger partial charge is 0.286 e. The Morgan fingerprint density at radius 2 is 1.77 bits per heavy atom. The number of para-hydroxylation sites is 1. The Hall–Kier alpha value is -2.62. The number of carbonyl (C=O) groups excluding carboxylic acids is 1. The van der Waals surface area contributed by atoms with Gasteiger partial charge in [-0.3, -0.25) is 4.79 Å². The lowest BCUT2D eigenvalue weighted by molar-refractivity contribution is 0.102. The number of hydrogen-bond donors (Lipinski definition) is 1. The lowest BCUT2D eigenvalue weighted by atomic mass is 10.0. The van der Waals surface area contributed by atoms with Gasteiger partial charge in [0.15, 0.2) is 0 Å². The van der Waals surface area contributed by atoms with Gasteiger partial charge in [-0.2, -0.15) is 4.31 Å². The average Bonchev–Trinajstić information content (AvgIpc) is 3.26. The van der Waals surface area contributed by atoms with Crippen molar-refractivity contribution in [2.24, 2.45) is 0 Å². The van der Waals surface area contributed by atoms with E-state index in [1.807, 2.05) is 37.3 Å². The molecule has 9 heteroatoms. The third-order valence-corrected chi connectivity index (χ3v) is 8.58. The molecule has 1 aromatic heterocycles. The molecule has 0 aliphatic carbocycles. The highest BCUT2D eigenvalue weighted by Gasteiger charge is 2.33. The molecule has 0 saturated carbocycles. The highest BCUT2D eigenvalue weighted by molar-refractivity contribution is 7.89. The quantitative estimate of drug-likeness (QED) is 0.627. The summed E-state index contributed by atoms with van der Waals surface area (Å²) < 4.78 is 27.9. The van der Waals surface area contributed by atoms with Crippen molar-refractivity contribution in [3.63, 3.8) is 0 Å². The molecule has 2 heterocycles. The maximum absolute atomic E-state index is 13.2. The summed E-state index contributed by atoms with van der Waals surface area (Å²) in [5.74, 6) is -0.386. The van der Waals surface area contributed by atoms with Gasteiger partial charge >= 0.3 is 0 Å². The van der Waals surface area contributed by atoms with Gasteiger partial charge in [0.1, 0.15) is 5.01 Å². The van der Waals surface area contributed by atoms with E-state index >= 15 is 0 Å². The third kappa shape index (κ3) is 4.53. The van der Waals surface area contributed by atoms with Crippen LogP contribution in [-0.2, 0) is 10.0 Å². The minimum Gasteiger partial charge on any atom is -0.320 e. The summed E-state index contributed by atoms with van der Waals surface area (Å²) >= 11 is 1.23. The summed E-state index contributed by atoms with van der Waals surface area (Å²) in [5, 5.41) is 12.1. The Morgan fingerprint density at radius 1 is 1.06 bits per heavy atom. The number of amides is 1. The van der Waals surface area contributed by atoms with Gasteiger partial charge < -0.3 is 5.32 Å². The molecule has 162 valence electrons. The second kappa shape index (κ2) is 8.86. The molecule has 1 atom stereocenters. The zero-order chi connectivity index (χ0) is 22.0. The van der Waals surface area contributed by atoms with E-state index < -0.39 is 10.0 Å². The van der Waals surface area contributed by atoms with E-state index in [2.05, 4.69) is 15.5 Å². The average molecular weight is 457 g/mol. The number of rotatable bonds is 5. The predicted octanol–water partition coefficient (Wildman–Crippen LogP) is 3.98. The Labute approximate surface area is 186 Å². The first-order chi connectivity index (χ1) is 14.9. The number of benzene rings is 2. The van der Waals surface area contributed by atoms with E-state index in [0.717, 1.165) is 29.7 Å². The first-order valence-corrected chi connectivity index (χ1v) is 12.4. The second-order valence-electron chi connectivity index (χ2n) is 7.68. The van der Waals surface area contributed by atoms with Crippen LogP contribution < -0.4 is 5.32 Å². The lowest BCUT2D eigenvalue weighted by Gasteiger charge is -2.31. The largest absolute Gasteiger partial charge is 0.320 e. The van der Waals surface area contributed by atoms with Crippen LogP contribution >= 0.6 is 11.3 Å². The van der Waals surface area contributed by atoms with Crippen molar-refractivity contribution in [1.82, 2.24) is 14.5 Å². The summed E-state index contributed by atoms with van der Waals surface area (Å²) in [4.78, 5) is 12.9. The molecule has 3 aromatic rings. The number of anilines is 1. The van der Waals surface area contributed by atoms with Crippen LogP contribution in [0, 0.1) is 13.8 Å². The topological polar surface area (TPSA) is 92.3 Å². The van der Waals surface area contributed by atoms with Gasteiger partial charge in [-0.25, -0.2) is 8.42 Å². The van der Waals surface area contributed by atoms with Gasteiger partial charge in [-0.05, 0) is 49.9 Å². The molecular formula is C22H24N4O3S2. The molecule has 31 heavy (non-hydrogen) atoms. The normalized spacial score (nSPS) is 17.4. The van der Waals surface area contributed by atoms with Gasteiger partial charge in [0.2, 0.25) is 15.0 Å². The van der Waals surface area contributed by atoms with Crippen LogP contribution in [0.1, 0.15) is 44.7 Å². The Bertz CT molecular complexity index is 1210. The van der Waals surface area contributed by atoms with Crippen molar-refractivity contribution >= 4 is 33.0 Å². The SMILES string of the molecule is Cc1ccccc1NC(=O)c1nnc([C@@H]2CCCN(S(=O)(=O)c3ccccc3C)C2)s1. The minimum atomic E-state index is -3.58. The standard InChI is InChI=1S/C22H24N4O3S2/c1-15-8-3-5-11-18(15)23-20(27)22-25-24-21(30-22)17-10-7-13-26(14-17)31(28,29)19-12-6-4-9-16(19)2/h3-6,8-9,11-12,17H,7,10,13-14H2,1-2H3,(H,23,27)/t17-/m1/s1. The van der Waals surface area contributed by atoms with Crippen LogP contribution in [-0.4, -0.2) is 41.9 Å². The summed E-state index contributed by atoms with van der Waals surface area (Å²) in [6, 6.07) is 14.6. The van der Waals surface area contributed by atoms with Crippen molar-refractivity contribution in [1.29, 1.82) is 0 Å². The Balaban J connectivity index is 1.50. The Morgan fingerprint density at radius 3 is 2.52 bits per heavy atom. The van der Waals surface area contributed by atoms with E-state index in [4.69, 9.17) is 0 Å². The van der Waals surface area contributed by atoms with Gasteiger partial charge in [0, 0.05) is 24.7 Å². The first-order valence-electron chi connectivity index (χ1n) is 10.1. The highest BCUT2D eigenvalue weighted by atomic mass is 32.2. The van der Waals surface area contributed by atoms with Gasteiger partial charge in [0.05, 0.1) is 4.90 Å². The third-order valence-electron chi connectivity index (χ3n) is 5.47. The molecule has 1 fully saturated rings. The van der Waals surface area contributed by atoms with E-state index in [1.165, 1.54) is 15.6 Å². The van der Waals surface area contributed by atoms with Crippen molar-refractivity contribution in [3.05, 3.63) is 69.7 Å². The van der Waals surface area contributed by atoms with Crippen LogP contribution in [0.25, 0.3) is 0 Å². The molecule has 0 radical (unpaired) electrons. The number of piperidine rings is 1. The number of hydrogen-bond acceptors (Lipinski definition) is 6. The minimum absolute atomic E-state index is 0.0787. The fraction of sp³-hybridized carbons (Fsp3) is 0.318. The van der Waals surface area contributed by atoms with Crippen molar-refractivity contribution < 1.29 is 13.2 Å². The number of nitrogens with zero attached hydrogens (tertiary/aromatic N) is 3. The molecule has 0 unspecified atom stereocenters. The fourth-order valence-corrected chi connectivity index (χ4v) is 6.34. The molecule has 2 aromatic carbocycles. The second-order valence-corrected chi connectivity index (χ2v) is 10.6. The lowest BCUT2D eigenvalue weighted by Crippen LogP contribution is -2.39. The molecule has 7 nitrogen and oxygen atoms in total. The van der Waals surface area contributed by atoms with Gasteiger partial charge in [-0.1, -0.05) is 47.7 Å². The number of aryl methyl sites for hydroxylation is 2. The van der Waals surface area contributed by atoms with Gasteiger partial charge in [0.25, 0.3) is 5.91 Å². The van der Waals surface area contributed by atoms with E-state index in [9.17, 15) is 13.2 Å². The molecule has 1 aliphatic rings. The molecule has 1 N–H and O–H groups in total. The maximum atomic E-state index is 13.2. The molecular weight excluding hydrogens is 432 g/mol. The molecule has 1 saturated heterocycles. The first kappa shape index (κ1) is 21.6. The van der Waals surface area contributed by atoms with E-state index in [0.29, 0.717) is 23.0 Å². The molecule has 4 rings (SSSR count).